The molecule has 0 unspecified atom stereocenters. The zero-order valence-corrected chi connectivity index (χ0v) is 14.4. The fraction of sp³-hybridized carbons (Fsp3) is 0. The molecule has 26 heavy (non-hydrogen) atoms. The van der Waals surface area contributed by atoms with E-state index < -0.39 is 5.91 Å². The number of rotatable bonds is 5. The van der Waals surface area contributed by atoms with Gasteiger partial charge in [0.2, 0.25) is 0 Å². The van der Waals surface area contributed by atoms with Gasteiger partial charge in [0, 0.05) is 11.8 Å². The van der Waals surface area contributed by atoms with Crippen LogP contribution in [0.15, 0.2) is 82.0 Å². The number of carbonyl (C=O) groups is 1. The van der Waals surface area contributed by atoms with E-state index >= 15 is 0 Å². The number of para-hydroxylation sites is 1. The summed E-state index contributed by atoms with van der Waals surface area (Å²) in [5.74, 6) is -0.194. The predicted molar refractivity (Wildman–Crippen MR) is 101 cm³/mol. The third-order valence-electron chi connectivity index (χ3n) is 3.63. The Morgan fingerprint density at radius 2 is 2.04 bits per heavy atom. The first kappa shape index (κ1) is 16.0. The SMILES string of the molecule is O=C(NN=Cc1cn(-c2ccccc2)nc1-c1cccs1)c1ccco1. The lowest BCUT2D eigenvalue weighted by Crippen LogP contribution is -2.16. The van der Waals surface area contributed by atoms with Crippen LogP contribution in [0.4, 0.5) is 0 Å². The quantitative estimate of drug-likeness (QED) is 0.431. The summed E-state index contributed by atoms with van der Waals surface area (Å²) >= 11 is 1.60. The largest absolute Gasteiger partial charge is 0.459 e. The number of carbonyl (C=O) groups excluding carboxylic acids is 1. The Morgan fingerprint density at radius 1 is 1.15 bits per heavy atom. The highest BCUT2D eigenvalue weighted by atomic mass is 32.1. The summed E-state index contributed by atoms with van der Waals surface area (Å²) in [5.41, 5.74) is 5.01. The number of benzene rings is 1. The molecule has 3 heterocycles. The number of thiophene rings is 1. The number of nitrogens with zero attached hydrogens (tertiary/aromatic N) is 3. The minimum absolute atomic E-state index is 0.209. The molecule has 128 valence electrons. The van der Waals surface area contributed by atoms with Crippen LogP contribution in [0.25, 0.3) is 16.3 Å². The highest BCUT2D eigenvalue weighted by molar-refractivity contribution is 7.13. The lowest BCUT2D eigenvalue weighted by atomic mass is 10.2. The van der Waals surface area contributed by atoms with Gasteiger partial charge in [-0.15, -0.1) is 11.3 Å². The number of furan rings is 1. The zero-order chi connectivity index (χ0) is 17.8. The molecule has 0 aliphatic carbocycles. The molecule has 0 fully saturated rings. The van der Waals surface area contributed by atoms with Crippen molar-refractivity contribution in [1.82, 2.24) is 15.2 Å². The minimum atomic E-state index is -0.403. The summed E-state index contributed by atoms with van der Waals surface area (Å²) in [6.07, 6.45) is 4.91. The second-order valence-corrected chi connectivity index (χ2v) is 6.31. The van der Waals surface area contributed by atoms with Crippen molar-refractivity contribution in [2.24, 2.45) is 5.10 Å². The number of nitrogens with one attached hydrogen (secondary N) is 1. The molecule has 0 spiro atoms. The molecule has 7 heteroatoms. The summed E-state index contributed by atoms with van der Waals surface area (Å²) < 4.78 is 6.84. The topological polar surface area (TPSA) is 72.4 Å². The molecular weight excluding hydrogens is 348 g/mol. The van der Waals surface area contributed by atoms with Crippen LogP contribution in [0, 0.1) is 0 Å². The van der Waals surface area contributed by atoms with Crippen molar-refractivity contribution in [2.75, 3.05) is 0 Å². The van der Waals surface area contributed by atoms with Crippen LogP contribution in [-0.4, -0.2) is 21.9 Å². The normalized spacial score (nSPS) is 11.1. The van der Waals surface area contributed by atoms with Gasteiger partial charge in [-0.25, -0.2) is 10.1 Å². The monoisotopic (exact) mass is 362 g/mol. The lowest BCUT2D eigenvalue weighted by Gasteiger charge is -1.98. The number of hydrogen-bond donors (Lipinski definition) is 1. The van der Waals surface area contributed by atoms with Crippen molar-refractivity contribution in [3.63, 3.8) is 0 Å². The molecule has 4 rings (SSSR count). The number of amides is 1. The third kappa shape index (κ3) is 3.33. The van der Waals surface area contributed by atoms with Gasteiger partial charge in [0.05, 0.1) is 23.0 Å². The van der Waals surface area contributed by atoms with Crippen molar-refractivity contribution in [3.05, 3.63) is 83.8 Å². The number of hydrogen-bond acceptors (Lipinski definition) is 5. The summed E-state index contributed by atoms with van der Waals surface area (Å²) in [6.45, 7) is 0. The average Bonchev–Trinajstić information content (AvgIpc) is 3.42. The van der Waals surface area contributed by atoms with Crippen LogP contribution in [0.2, 0.25) is 0 Å². The van der Waals surface area contributed by atoms with E-state index in [1.54, 1.807) is 34.4 Å². The van der Waals surface area contributed by atoms with Gasteiger partial charge in [-0.3, -0.25) is 4.79 Å². The zero-order valence-electron chi connectivity index (χ0n) is 13.6. The van der Waals surface area contributed by atoms with Gasteiger partial charge in [-0.2, -0.15) is 10.2 Å². The first-order valence-electron chi connectivity index (χ1n) is 7.87. The van der Waals surface area contributed by atoms with Gasteiger partial charge in [-0.05, 0) is 35.7 Å². The third-order valence-corrected chi connectivity index (χ3v) is 4.51. The summed E-state index contributed by atoms with van der Waals surface area (Å²) in [7, 11) is 0. The first-order valence-corrected chi connectivity index (χ1v) is 8.75. The molecule has 0 atom stereocenters. The molecule has 6 nitrogen and oxygen atoms in total. The number of hydrazone groups is 1. The predicted octanol–water partition coefficient (Wildman–Crippen LogP) is 3.96. The Kier molecular flexibility index (Phi) is 4.44. The fourth-order valence-electron chi connectivity index (χ4n) is 2.42. The van der Waals surface area contributed by atoms with E-state index in [0.717, 1.165) is 21.8 Å². The fourth-order valence-corrected chi connectivity index (χ4v) is 3.15. The number of aromatic nitrogens is 2. The van der Waals surface area contributed by atoms with Gasteiger partial charge in [0.25, 0.3) is 0 Å². The van der Waals surface area contributed by atoms with Crippen molar-refractivity contribution in [3.8, 4) is 16.3 Å². The molecule has 0 bridgehead atoms. The van der Waals surface area contributed by atoms with Crippen LogP contribution in [-0.2, 0) is 0 Å². The van der Waals surface area contributed by atoms with Crippen molar-refractivity contribution >= 4 is 23.5 Å². The Balaban J connectivity index is 1.63. The second kappa shape index (κ2) is 7.20. The van der Waals surface area contributed by atoms with Crippen LogP contribution in [0.3, 0.4) is 0 Å². The van der Waals surface area contributed by atoms with Crippen molar-refractivity contribution in [2.45, 2.75) is 0 Å². The van der Waals surface area contributed by atoms with Crippen LogP contribution in [0.1, 0.15) is 16.1 Å². The van der Waals surface area contributed by atoms with E-state index in [4.69, 9.17) is 4.42 Å². The van der Waals surface area contributed by atoms with Gasteiger partial charge < -0.3 is 4.42 Å². The standard InChI is InChI=1S/C19H14N4O2S/c24-19(16-8-4-10-25-16)21-20-12-14-13-23(15-6-2-1-3-7-15)22-18(14)17-9-5-11-26-17/h1-13H,(H,21,24). The average molecular weight is 362 g/mol. The molecular formula is C19H14N4O2S. The van der Waals surface area contributed by atoms with E-state index in [-0.39, 0.29) is 5.76 Å². The maximum Gasteiger partial charge on any atom is 0.307 e. The Hall–Kier alpha value is -3.45. The summed E-state index contributed by atoms with van der Waals surface area (Å²) in [6, 6.07) is 17.0. The molecule has 3 aromatic heterocycles. The minimum Gasteiger partial charge on any atom is -0.459 e. The van der Waals surface area contributed by atoms with Crippen LogP contribution < -0.4 is 5.43 Å². The molecule has 1 N–H and O–H groups in total. The molecule has 4 aromatic rings. The van der Waals surface area contributed by atoms with E-state index in [0.29, 0.717) is 0 Å². The molecule has 0 saturated carbocycles. The maximum absolute atomic E-state index is 11.9. The van der Waals surface area contributed by atoms with E-state index in [1.165, 1.54) is 6.26 Å². The molecule has 0 saturated heterocycles. The molecule has 0 radical (unpaired) electrons. The summed E-state index contributed by atoms with van der Waals surface area (Å²) in [4.78, 5) is 12.9. The van der Waals surface area contributed by atoms with Gasteiger partial charge in [-0.1, -0.05) is 24.3 Å². The highest BCUT2D eigenvalue weighted by Gasteiger charge is 2.12. The first-order chi connectivity index (χ1) is 12.8. The smallest absolute Gasteiger partial charge is 0.307 e. The van der Waals surface area contributed by atoms with Crippen molar-refractivity contribution < 1.29 is 9.21 Å². The van der Waals surface area contributed by atoms with Gasteiger partial charge >= 0.3 is 5.91 Å². The van der Waals surface area contributed by atoms with Crippen LogP contribution >= 0.6 is 11.3 Å². The molecule has 0 aliphatic rings. The lowest BCUT2D eigenvalue weighted by molar-refractivity contribution is 0.0927. The van der Waals surface area contributed by atoms with Gasteiger partial charge in [0.1, 0.15) is 5.69 Å². The second-order valence-electron chi connectivity index (χ2n) is 5.37. The van der Waals surface area contributed by atoms with Crippen LogP contribution in [0.5, 0.6) is 0 Å². The molecule has 1 aromatic carbocycles. The van der Waals surface area contributed by atoms with Gasteiger partial charge in [0.15, 0.2) is 5.76 Å². The molecule has 1 amide bonds. The maximum atomic E-state index is 11.9. The highest BCUT2D eigenvalue weighted by Crippen LogP contribution is 2.26. The van der Waals surface area contributed by atoms with E-state index in [1.807, 2.05) is 54.0 Å². The summed E-state index contributed by atoms with van der Waals surface area (Å²) in [5, 5.41) is 10.7. The Bertz CT molecular complexity index is 1020. The van der Waals surface area contributed by atoms with Crippen molar-refractivity contribution in [1.29, 1.82) is 0 Å². The molecule has 0 aliphatic heterocycles. The van der Waals surface area contributed by atoms with E-state index in [2.05, 4.69) is 15.6 Å². The van der Waals surface area contributed by atoms with E-state index in [9.17, 15) is 4.79 Å². The Morgan fingerprint density at radius 3 is 2.77 bits per heavy atom. The Labute approximate surface area is 153 Å².